The zero-order valence-corrected chi connectivity index (χ0v) is 16.7. The summed E-state index contributed by atoms with van der Waals surface area (Å²) in [6.45, 7) is 7.55. The molecule has 1 aliphatic heterocycles. The van der Waals surface area contributed by atoms with E-state index in [2.05, 4.69) is 15.2 Å². The van der Waals surface area contributed by atoms with E-state index in [0.29, 0.717) is 18.5 Å². The summed E-state index contributed by atoms with van der Waals surface area (Å²) in [7, 11) is -3.84. The monoisotopic (exact) mass is 388 g/mol. The molecular weight excluding hydrogens is 364 g/mol. The lowest BCUT2D eigenvalue weighted by atomic mass is 10.1. The fourth-order valence-corrected chi connectivity index (χ4v) is 5.56. The van der Waals surface area contributed by atoms with Crippen molar-refractivity contribution in [1.29, 1.82) is 0 Å². The van der Waals surface area contributed by atoms with Crippen molar-refractivity contribution in [2.75, 3.05) is 6.54 Å². The van der Waals surface area contributed by atoms with Crippen molar-refractivity contribution in [2.45, 2.75) is 45.4 Å². The van der Waals surface area contributed by atoms with Crippen molar-refractivity contribution in [3.63, 3.8) is 0 Å². The van der Waals surface area contributed by atoms with Gasteiger partial charge in [-0.1, -0.05) is 30.3 Å². The Morgan fingerprint density at radius 3 is 2.44 bits per heavy atom. The van der Waals surface area contributed by atoms with E-state index in [1.165, 1.54) is 0 Å². The summed E-state index contributed by atoms with van der Waals surface area (Å²) >= 11 is 0. The van der Waals surface area contributed by atoms with Crippen LogP contribution in [0.3, 0.4) is 0 Å². The fourth-order valence-electron chi connectivity index (χ4n) is 3.46. The molecule has 1 amide bonds. The van der Waals surface area contributed by atoms with Gasteiger partial charge in [-0.25, -0.2) is 12.7 Å². The van der Waals surface area contributed by atoms with Gasteiger partial charge >= 0.3 is 0 Å². The van der Waals surface area contributed by atoms with Crippen LogP contribution in [0.25, 0.3) is 0 Å². The van der Waals surface area contributed by atoms with Crippen LogP contribution in [0.2, 0.25) is 0 Å². The number of carbonyl (C=O) groups is 1. The van der Waals surface area contributed by atoms with Gasteiger partial charge in [0.2, 0.25) is 0 Å². The summed E-state index contributed by atoms with van der Waals surface area (Å²) < 4.78 is 27.1. The highest BCUT2D eigenvalue weighted by molar-refractivity contribution is 7.91. The van der Waals surface area contributed by atoms with Crippen molar-refractivity contribution in [3.05, 3.63) is 52.8 Å². The third-order valence-electron chi connectivity index (χ3n) is 4.74. The van der Waals surface area contributed by atoms with Gasteiger partial charge in [0.25, 0.3) is 15.9 Å². The number of aromatic amines is 1. The maximum absolute atomic E-state index is 13.1. The Morgan fingerprint density at radius 2 is 1.89 bits per heavy atom. The molecule has 1 N–H and O–H groups in total. The number of aromatic nitrogens is 2. The first-order chi connectivity index (χ1) is 12.7. The number of hydrogen-bond acceptors (Lipinski definition) is 5. The maximum Gasteiger partial charge on any atom is 0.283 e. The fraction of sp³-hybridized carbons (Fsp3) is 0.421. The van der Waals surface area contributed by atoms with Crippen LogP contribution >= 0.6 is 0 Å². The first kappa shape index (κ1) is 19.3. The van der Waals surface area contributed by atoms with Crippen molar-refractivity contribution < 1.29 is 13.2 Å². The van der Waals surface area contributed by atoms with Gasteiger partial charge in [0.05, 0.1) is 5.69 Å². The Bertz CT molecular complexity index is 958. The molecule has 1 unspecified atom stereocenters. The van der Waals surface area contributed by atoms with Gasteiger partial charge in [-0.15, -0.1) is 0 Å². The second-order valence-electron chi connectivity index (χ2n) is 6.96. The van der Waals surface area contributed by atoms with Crippen LogP contribution in [-0.2, 0) is 21.2 Å². The Labute approximate surface area is 159 Å². The Morgan fingerprint density at radius 1 is 1.22 bits per heavy atom. The molecule has 0 radical (unpaired) electrons. The van der Waals surface area contributed by atoms with Crippen LogP contribution in [0.5, 0.6) is 0 Å². The Balaban J connectivity index is 1.98. The summed E-state index contributed by atoms with van der Waals surface area (Å²) in [6, 6.07) is 8.33. The van der Waals surface area contributed by atoms with Crippen molar-refractivity contribution in [1.82, 2.24) is 14.5 Å². The molecule has 2 heterocycles. The number of nitrogens with one attached hydrogen (secondary N) is 1. The van der Waals surface area contributed by atoms with Gasteiger partial charge in [-0.05, 0) is 45.2 Å². The molecule has 2 aromatic rings. The van der Waals surface area contributed by atoms with Crippen LogP contribution in [0.4, 0.5) is 0 Å². The molecular formula is C19H24N4O3S. The smallest absolute Gasteiger partial charge is 0.282 e. The molecule has 0 aliphatic carbocycles. The summed E-state index contributed by atoms with van der Waals surface area (Å²) in [5.74, 6) is -0.528. The number of benzene rings is 1. The standard InChI is InChI=1S/C19H24N4O3S/c1-12(2)23-19(24)17(20-11-10-16-13(3)21-22-14(16)4)18(27(23,25)26)15-8-6-5-7-9-15/h5-9,12,18H,10-11H2,1-4H3,(H,21,22). The van der Waals surface area contributed by atoms with Crippen molar-refractivity contribution in [2.24, 2.45) is 4.99 Å². The van der Waals surface area contributed by atoms with Crippen molar-refractivity contribution in [3.8, 4) is 0 Å². The lowest BCUT2D eigenvalue weighted by molar-refractivity contribution is -0.120. The average Bonchev–Trinajstić information content (AvgIpc) is 3.02. The van der Waals surface area contributed by atoms with E-state index in [4.69, 9.17) is 0 Å². The third kappa shape index (κ3) is 3.41. The number of amides is 1. The minimum atomic E-state index is -3.84. The SMILES string of the molecule is Cc1n[nH]c(C)c1CCN=C1C(=O)N(C(C)C)S(=O)(=O)C1c1ccccc1. The van der Waals surface area contributed by atoms with Gasteiger partial charge in [0.1, 0.15) is 5.71 Å². The van der Waals surface area contributed by atoms with E-state index >= 15 is 0 Å². The molecule has 0 bridgehead atoms. The predicted octanol–water partition coefficient (Wildman–Crippen LogP) is 2.33. The lowest BCUT2D eigenvalue weighted by Crippen LogP contribution is -2.37. The van der Waals surface area contributed by atoms with E-state index in [-0.39, 0.29) is 5.71 Å². The molecule has 3 rings (SSSR count). The Hall–Kier alpha value is -2.48. The average molecular weight is 388 g/mol. The molecule has 1 aromatic heterocycles. The molecule has 1 aliphatic rings. The second kappa shape index (κ2) is 7.26. The zero-order chi connectivity index (χ0) is 19.8. The minimum Gasteiger partial charge on any atom is -0.282 e. The number of aliphatic imine (C=N–C) groups is 1. The molecule has 7 nitrogen and oxygen atoms in total. The number of rotatable bonds is 5. The van der Waals surface area contributed by atoms with Crippen LogP contribution in [0.15, 0.2) is 35.3 Å². The highest BCUT2D eigenvalue weighted by Gasteiger charge is 2.51. The molecule has 1 aromatic carbocycles. The molecule has 27 heavy (non-hydrogen) atoms. The van der Waals surface area contributed by atoms with E-state index in [1.807, 2.05) is 19.9 Å². The van der Waals surface area contributed by atoms with Gasteiger partial charge in [0.15, 0.2) is 5.25 Å². The summed E-state index contributed by atoms with van der Waals surface area (Å²) in [5, 5.41) is 6.03. The van der Waals surface area contributed by atoms with Gasteiger partial charge in [-0.2, -0.15) is 5.10 Å². The predicted molar refractivity (Wildman–Crippen MR) is 104 cm³/mol. The number of hydrogen-bond donors (Lipinski definition) is 1. The molecule has 1 fully saturated rings. The molecule has 0 spiro atoms. The van der Waals surface area contributed by atoms with Crippen LogP contribution in [0.1, 0.15) is 41.6 Å². The highest BCUT2D eigenvalue weighted by atomic mass is 32.2. The van der Waals surface area contributed by atoms with Crippen LogP contribution < -0.4 is 0 Å². The quantitative estimate of drug-likeness (QED) is 0.850. The minimum absolute atomic E-state index is 0.0914. The highest BCUT2D eigenvalue weighted by Crippen LogP contribution is 2.35. The van der Waals surface area contributed by atoms with Crippen molar-refractivity contribution >= 4 is 21.6 Å². The Kier molecular flexibility index (Phi) is 5.19. The maximum atomic E-state index is 13.1. The third-order valence-corrected chi connectivity index (χ3v) is 6.96. The van der Waals surface area contributed by atoms with E-state index in [1.54, 1.807) is 38.1 Å². The van der Waals surface area contributed by atoms with Gasteiger partial charge in [-0.3, -0.25) is 14.9 Å². The summed E-state index contributed by atoms with van der Waals surface area (Å²) in [4.78, 5) is 17.3. The molecule has 8 heteroatoms. The zero-order valence-electron chi connectivity index (χ0n) is 15.9. The first-order valence-corrected chi connectivity index (χ1v) is 10.4. The first-order valence-electron chi connectivity index (χ1n) is 8.92. The topological polar surface area (TPSA) is 95.5 Å². The molecule has 0 saturated carbocycles. The van der Waals surface area contributed by atoms with Gasteiger partial charge in [0, 0.05) is 18.3 Å². The van der Waals surface area contributed by atoms with E-state index < -0.39 is 27.2 Å². The molecule has 1 saturated heterocycles. The van der Waals surface area contributed by atoms with Gasteiger partial charge < -0.3 is 0 Å². The normalized spacial score (nSPS) is 20.8. The van der Waals surface area contributed by atoms with E-state index in [9.17, 15) is 13.2 Å². The number of H-pyrrole nitrogens is 1. The number of aryl methyl sites for hydroxylation is 2. The summed E-state index contributed by atoms with van der Waals surface area (Å²) in [5.41, 5.74) is 3.55. The molecule has 144 valence electrons. The number of nitrogens with zero attached hydrogens (tertiary/aromatic N) is 3. The van der Waals surface area contributed by atoms with E-state index in [0.717, 1.165) is 21.3 Å². The van der Waals surface area contributed by atoms with Crippen LogP contribution in [-0.4, -0.2) is 47.1 Å². The largest absolute Gasteiger partial charge is 0.283 e. The second-order valence-corrected chi connectivity index (χ2v) is 8.85. The number of sulfonamides is 1. The number of carbonyl (C=O) groups excluding carboxylic acids is 1. The summed E-state index contributed by atoms with van der Waals surface area (Å²) in [6.07, 6.45) is 0.591. The van der Waals surface area contributed by atoms with Crippen LogP contribution in [0, 0.1) is 13.8 Å². The lowest BCUT2D eigenvalue weighted by Gasteiger charge is -2.19. The molecule has 1 atom stereocenters.